The summed E-state index contributed by atoms with van der Waals surface area (Å²) in [7, 11) is 1.67. The van der Waals surface area contributed by atoms with Crippen molar-refractivity contribution in [1.29, 1.82) is 0 Å². The summed E-state index contributed by atoms with van der Waals surface area (Å²) in [5.74, 6) is 0.805. The van der Waals surface area contributed by atoms with Gasteiger partial charge in [0.25, 0.3) is 0 Å². The third-order valence-electron chi connectivity index (χ3n) is 3.97. The minimum atomic E-state index is 0. The summed E-state index contributed by atoms with van der Waals surface area (Å²) in [5, 5.41) is 9.72. The molecule has 9 heteroatoms. The summed E-state index contributed by atoms with van der Waals surface area (Å²) in [6.45, 7) is 4.35. The summed E-state index contributed by atoms with van der Waals surface area (Å²) < 4.78 is 5.37. The Morgan fingerprint density at radius 2 is 1.79 bits per heavy atom. The van der Waals surface area contributed by atoms with Gasteiger partial charge in [0, 0.05) is 40.8 Å². The van der Waals surface area contributed by atoms with Crippen LogP contribution in [0.3, 0.4) is 0 Å². The number of halogens is 4. The van der Waals surface area contributed by atoms with Crippen LogP contribution in [0.2, 0.25) is 5.02 Å². The van der Waals surface area contributed by atoms with E-state index in [9.17, 15) is 0 Å². The van der Waals surface area contributed by atoms with Crippen molar-refractivity contribution in [3.8, 4) is 5.75 Å². The van der Waals surface area contributed by atoms with E-state index in [4.69, 9.17) is 32.9 Å². The molecule has 1 unspecified atom stereocenters. The number of rotatable bonds is 7. The maximum atomic E-state index is 6.14. The molecule has 0 amide bonds. The fraction of sp³-hybridized carbons (Fsp3) is 0.316. The molecule has 0 fully saturated rings. The molecule has 3 rings (SSSR count). The van der Waals surface area contributed by atoms with Gasteiger partial charge in [-0.1, -0.05) is 11.6 Å². The Kier molecular flexibility index (Phi) is 11.8. The standard InChI is InChI=1S/C19H21Cl2N3O.2ClH.H2O/c1-12(20)11-22-7-8-23-19-15-5-3-13(21)9-18(15)24-17-6-4-14(25-2)10-16(17)19;;;/h3-6,9-10,12,22H,7-8,11H2,1-2H3,(H,23,24);2*1H;1H2. The fourth-order valence-electron chi connectivity index (χ4n) is 2.79. The summed E-state index contributed by atoms with van der Waals surface area (Å²) in [6.07, 6.45) is 0. The first-order valence-corrected chi connectivity index (χ1v) is 9.05. The Morgan fingerprint density at radius 3 is 2.46 bits per heavy atom. The SMILES string of the molecule is COc1ccc2nc3cc(Cl)ccc3c(NCCNCC(C)Cl)c2c1.Cl.Cl.O. The number of benzene rings is 2. The monoisotopic (exact) mass is 467 g/mol. The highest BCUT2D eigenvalue weighted by Gasteiger charge is 2.10. The highest BCUT2D eigenvalue weighted by molar-refractivity contribution is 6.31. The van der Waals surface area contributed by atoms with Gasteiger partial charge in [0.2, 0.25) is 0 Å². The number of pyridine rings is 1. The lowest BCUT2D eigenvalue weighted by Crippen LogP contribution is -2.27. The molecule has 5 nitrogen and oxygen atoms in total. The van der Waals surface area contributed by atoms with Crippen molar-refractivity contribution in [3.63, 3.8) is 0 Å². The van der Waals surface area contributed by atoms with Crippen LogP contribution in [0.15, 0.2) is 36.4 Å². The molecule has 0 aliphatic rings. The molecule has 3 aromatic rings. The lowest BCUT2D eigenvalue weighted by molar-refractivity contribution is 0.415. The first kappa shape index (κ1) is 26.8. The Morgan fingerprint density at radius 1 is 1.04 bits per heavy atom. The molecule has 28 heavy (non-hydrogen) atoms. The molecule has 0 radical (unpaired) electrons. The Hall–Kier alpha value is -1.21. The molecule has 0 aliphatic carbocycles. The lowest BCUT2D eigenvalue weighted by Gasteiger charge is -2.15. The molecule has 2 aromatic carbocycles. The van der Waals surface area contributed by atoms with Gasteiger partial charge in [-0.15, -0.1) is 36.4 Å². The van der Waals surface area contributed by atoms with Gasteiger partial charge in [-0.2, -0.15) is 0 Å². The van der Waals surface area contributed by atoms with Crippen molar-refractivity contribution in [2.45, 2.75) is 12.3 Å². The predicted octanol–water partition coefficient (Wildman–Crippen LogP) is 4.70. The Bertz CT molecular complexity index is 894. The first-order valence-electron chi connectivity index (χ1n) is 8.24. The molecule has 1 heterocycles. The topological polar surface area (TPSA) is 77.7 Å². The fourth-order valence-corrected chi connectivity index (χ4v) is 3.07. The second-order valence-electron chi connectivity index (χ2n) is 5.94. The van der Waals surface area contributed by atoms with E-state index in [-0.39, 0.29) is 35.7 Å². The molecular formula is C19H25Cl4N3O2. The maximum Gasteiger partial charge on any atom is 0.119 e. The van der Waals surface area contributed by atoms with Gasteiger partial charge < -0.3 is 20.8 Å². The normalized spacial score (nSPS) is 11.1. The number of alkyl halides is 1. The van der Waals surface area contributed by atoms with Crippen LogP contribution in [0.5, 0.6) is 5.75 Å². The van der Waals surface area contributed by atoms with Crippen LogP contribution < -0.4 is 15.4 Å². The third-order valence-corrected chi connectivity index (χ3v) is 4.36. The van der Waals surface area contributed by atoms with Crippen molar-refractivity contribution < 1.29 is 10.2 Å². The maximum absolute atomic E-state index is 6.14. The van der Waals surface area contributed by atoms with Gasteiger partial charge in [0.05, 0.1) is 23.8 Å². The Labute approximate surface area is 187 Å². The number of hydrogen-bond acceptors (Lipinski definition) is 4. The van der Waals surface area contributed by atoms with E-state index in [2.05, 4.69) is 10.6 Å². The molecule has 0 spiro atoms. The van der Waals surface area contributed by atoms with Crippen LogP contribution in [0.25, 0.3) is 21.8 Å². The lowest BCUT2D eigenvalue weighted by atomic mass is 10.1. The van der Waals surface area contributed by atoms with E-state index < -0.39 is 0 Å². The van der Waals surface area contributed by atoms with E-state index in [1.54, 1.807) is 7.11 Å². The van der Waals surface area contributed by atoms with Gasteiger partial charge in [-0.3, -0.25) is 0 Å². The van der Waals surface area contributed by atoms with Gasteiger partial charge in [0.15, 0.2) is 0 Å². The molecule has 0 aliphatic heterocycles. The number of nitrogens with one attached hydrogen (secondary N) is 2. The van der Waals surface area contributed by atoms with Crippen molar-refractivity contribution in [2.24, 2.45) is 0 Å². The zero-order valence-corrected chi connectivity index (χ0v) is 18.7. The second-order valence-corrected chi connectivity index (χ2v) is 7.12. The number of anilines is 1. The largest absolute Gasteiger partial charge is 0.497 e. The van der Waals surface area contributed by atoms with Crippen LogP contribution in [0.1, 0.15) is 6.92 Å². The minimum Gasteiger partial charge on any atom is -0.497 e. The molecule has 1 aromatic heterocycles. The summed E-state index contributed by atoms with van der Waals surface area (Å²) in [5.41, 5.74) is 2.81. The Balaban J connectivity index is 0.00000243. The number of hydrogen-bond donors (Lipinski definition) is 2. The van der Waals surface area contributed by atoms with Crippen molar-refractivity contribution in [2.75, 3.05) is 32.1 Å². The van der Waals surface area contributed by atoms with E-state index >= 15 is 0 Å². The van der Waals surface area contributed by atoms with Gasteiger partial charge in [-0.25, -0.2) is 4.98 Å². The van der Waals surface area contributed by atoms with Gasteiger partial charge in [-0.05, 0) is 43.3 Å². The summed E-state index contributed by atoms with van der Waals surface area (Å²) in [6, 6.07) is 11.7. The van der Waals surface area contributed by atoms with Crippen LogP contribution in [0.4, 0.5) is 5.69 Å². The average molecular weight is 469 g/mol. The average Bonchev–Trinajstić information content (AvgIpc) is 2.59. The van der Waals surface area contributed by atoms with Crippen LogP contribution in [-0.2, 0) is 0 Å². The highest BCUT2D eigenvalue weighted by Crippen LogP contribution is 2.33. The molecule has 4 N–H and O–H groups in total. The highest BCUT2D eigenvalue weighted by atomic mass is 35.5. The molecule has 0 saturated carbocycles. The third kappa shape index (κ3) is 6.41. The van der Waals surface area contributed by atoms with Gasteiger partial charge >= 0.3 is 0 Å². The van der Waals surface area contributed by atoms with Crippen LogP contribution >= 0.6 is 48.0 Å². The van der Waals surface area contributed by atoms with Crippen molar-refractivity contribution >= 4 is 75.5 Å². The molecule has 1 atom stereocenters. The predicted molar refractivity (Wildman–Crippen MR) is 126 cm³/mol. The number of ether oxygens (including phenoxy) is 1. The molecule has 0 saturated heterocycles. The van der Waals surface area contributed by atoms with E-state index in [1.807, 2.05) is 43.3 Å². The van der Waals surface area contributed by atoms with Crippen molar-refractivity contribution in [3.05, 3.63) is 41.4 Å². The zero-order chi connectivity index (χ0) is 17.8. The summed E-state index contributed by atoms with van der Waals surface area (Å²) in [4.78, 5) is 4.73. The zero-order valence-electron chi connectivity index (χ0n) is 15.6. The smallest absolute Gasteiger partial charge is 0.119 e. The van der Waals surface area contributed by atoms with Crippen LogP contribution in [0, 0.1) is 0 Å². The van der Waals surface area contributed by atoms with E-state index in [0.29, 0.717) is 5.02 Å². The number of fused-ring (bicyclic) bond motifs is 2. The summed E-state index contributed by atoms with van der Waals surface area (Å²) >= 11 is 12.1. The molecule has 156 valence electrons. The molecular weight excluding hydrogens is 444 g/mol. The first-order chi connectivity index (χ1) is 12.1. The van der Waals surface area contributed by atoms with E-state index in [1.165, 1.54) is 0 Å². The minimum absolute atomic E-state index is 0. The number of nitrogens with zero attached hydrogens (tertiary/aromatic N) is 1. The van der Waals surface area contributed by atoms with Crippen LogP contribution in [-0.4, -0.2) is 42.6 Å². The number of aromatic nitrogens is 1. The quantitative estimate of drug-likeness (QED) is 0.299. The van der Waals surface area contributed by atoms with E-state index in [0.717, 1.165) is 52.9 Å². The molecule has 0 bridgehead atoms. The number of methoxy groups -OCH3 is 1. The second kappa shape index (κ2) is 12.4. The van der Waals surface area contributed by atoms with Crippen molar-refractivity contribution in [1.82, 2.24) is 10.3 Å². The van der Waals surface area contributed by atoms with Gasteiger partial charge in [0.1, 0.15) is 5.75 Å².